The molecule has 0 spiro atoms. The number of allylic oxidation sites excluding steroid dienone is 1. The van der Waals surface area contributed by atoms with Crippen LogP contribution in [0.2, 0.25) is 5.02 Å². The van der Waals surface area contributed by atoms with Gasteiger partial charge in [-0.1, -0.05) is 23.7 Å². The fourth-order valence-corrected chi connectivity index (χ4v) is 1.75. The van der Waals surface area contributed by atoms with E-state index in [1.807, 2.05) is 6.92 Å². The lowest BCUT2D eigenvalue weighted by molar-refractivity contribution is 0.104. The largest absolute Gasteiger partial charge is 0.506 e. The third-order valence-electron chi connectivity index (χ3n) is 2.64. The number of hydrogen-bond donors (Lipinski definition) is 1. The Bertz CT molecular complexity index is 632. The molecule has 0 aliphatic heterocycles. The van der Waals surface area contributed by atoms with Crippen molar-refractivity contribution in [2.24, 2.45) is 0 Å². The molecule has 1 N–H and O–H groups in total. The molecule has 0 aliphatic carbocycles. The van der Waals surface area contributed by atoms with Crippen LogP contribution in [0.3, 0.4) is 0 Å². The number of carbonyl (C=O) groups excluding carboxylic acids is 1. The van der Waals surface area contributed by atoms with Crippen molar-refractivity contribution in [3.05, 3.63) is 52.8 Å². The van der Waals surface area contributed by atoms with Gasteiger partial charge >= 0.3 is 0 Å². The second-order valence-corrected chi connectivity index (χ2v) is 4.40. The molecule has 0 fully saturated rings. The van der Waals surface area contributed by atoms with Crippen LogP contribution in [0.15, 0.2) is 36.7 Å². The maximum Gasteiger partial charge on any atom is 0.189 e. The predicted octanol–water partition coefficient (Wildman–Crippen LogP) is 3.16. The van der Waals surface area contributed by atoms with E-state index >= 15 is 0 Å². The zero-order valence-corrected chi connectivity index (χ0v) is 11.1. The van der Waals surface area contributed by atoms with Gasteiger partial charge in [0.15, 0.2) is 5.78 Å². The van der Waals surface area contributed by atoms with Gasteiger partial charge in [-0.2, -0.15) is 5.10 Å². The minimum absolute atomic E-state index is 0.0226. The minimum Gasteiger partial charge on any atom is -0.506 e. The molecule has 1 aromatic carbocycles. The van der Waals surface area contributed by atoms with Gasteiger partial charge in [0, 0.05) is 12.7 Å². The van der Waals surface area contributed by atoms with Crippen LogP contribution in [-0.2, 0) is 6.54 Å². The first kappa shape index (κ1) is 13.4. The van der Waals surface area contributed by atoms with Crippen molar-refractivity contribution in [2.45, 2.75) is 13.5 Å². The molecule has 98 valence electrons. The lowest BCUT2D eigenvalue weighted by atomic mass is 10.1. The SMILES string of the molecule is CCn1cc(C(=O)C=Cc2ccc(O)c(Cl)c2)cn1. The number of phenols is 1. The molecule has 0 radical (unpaired) electrons. The Balaban J connectivity index is 2.13. The van der Waals surface area contributed by atoms with E-state index in [1.165, 1.54) is 12.1 Å². The fraction of sp³-hybridized carbons (Fsp3) is 0.143. The van der Waals surface area contributed by atoms with Gasteiger partial charge < -0.3 is 5.11 Å². The number of nitrogens with zero attached hydrogens (tertiary/aromatic N) is 2. The van der Waals surface area contributed by atoms with E-state index in [-0.39, 0.29) is 16.6 Å². The molecular formula is C14H13ClN2O2. The summed E-state index contributed by atoms with van der Waals surface area (Å²) in [6, 6.07) is 4.76. The van der Waals surface area contributed by atoms with Crippen molar-refractivity contribution < 1.29 is 9.90 Å². The molecule has 4 nitrogen and oxygen atoms in total. The Labute approximate surface area is 115 Å². The van der Waals surface area contributed by atoms with Crippen LogP contribution in [0.4, 0.5) is 0 Å². The van der Waals surface area contributed by atoms with Gasteiger partial charge in [0.1, 0.15) is 5.75 Å². The van der Waals surface area contributed by atoms with Gasteiger partial charge in [-0.25, -0.2) is 0 Å². The molecule has 0 atom stereocenters. The average molecular weight is 277 g/mol. The molecule has 0 aliphatic rings. The van der Waals surface area contributed by atoms with E-state index in [0.29, 0.717) is 5.56 Å². The molecule has 0 saturated carbocycles. The van der Waals surface area contributed by atoms with Crippen molar-refractivity contribution >= 4 is 23.5 Å². The number of aryl methyl sites for hydroxylation is 1. The minimum atomic E-state index is -0.121. The number of carbonyl (C=O) groups is 1. The monoisotopic (exact) mass is 276 g/mol. The highest BCUT2D eigenvalue weighted by Gasteiger charge is 2.04. The van der Waals surface area contributed by atoms with Crippen molar-refractivity contribution in [2.75, 3.05) is 0 Å². The summed E-state index contributed by atoms with van der Waals surface area (Å²) in [4.78, 5) is 11.9. The van der Waals surface area contributed by atoms with E-state index in [2.05, 4.69) is 5.10 Å². The molecule has 5 heteroatoms. The van der Waals surface area contributed by atoms with Crippen LogP contribution in [-0.4, -0.2) is 20.7 Å². The van der Waals surface area contributed by atoms with Crippen molar-refractivity contribution in [3.8, 4) is 5.75 Å². The molecule has 0 bridgehead atoms. The summed E-state index contributed by atoms with van der Waals surface area (Å²) in [6.45, 7) is 2.68. The highest BCUT2D eigenvalue weighted by Crippen LogP contribution is 2.24. The lowest BCUT2D eigenvalue weighted by Gasteiger charge is -1.97. The van der Waals surface area contributed by atoms with Crippen molar-refractivity contribution in [3.63, 3.8) is 0 Å². The number of hydrogen-bond acceptors (Lipinski definition) is 3. The first-order valence-electron chi connectivity index (χ1n) is 5.83. The quantitative estimate of drug-likeness (QED) is 0.689. The van der Waals surface area contributed by atoms with Gasteiger partial charge in [0.05, 0.1) is 16.8 Å². The summed E-state index contributed by atoms with van der Waals surface area (Å²) in [5.74, 6) is -0.0988. The van der Waals surface area contributed by atoms with Crippen molar-refractivity contribution in [1.82, 2.24) is 9.78 Å². The van der Waals surface area contributed by atoms with E-state index in [1.54, 1.807) is 35.3 Å². The number of phenolic OH excluding ortho intramolecular Hbond substituents is 1. The average Bonchev–Trinajstić information content (AvgIpc) is 2.88. The van der Waals surface area contributed by atoms with Crippen LogP contribution in [0.5, 0.6) is 5.75 Å². The molecule has 2 rings (SSSR count). The number of benzene rings is 1. The van der Waals surface area contributed by atoms with E-state index in [9.17, 15) is 9.90 Å². The maximum atomic E-state index is 11.9. The molecule has 0 saturated heterocycles. The standard InChI is InChI=1S/C14H13ClN2O2/c1-2-17-9-11(8-16-17)13(18)5-3-10-4-6-14(19)12(15)7-10/h3-9,19H,2H2,1H3. The molecule has 2 aromatic rings. The summed E-state index contributed by atoms with van der Waals surface area (Å²) >= 11 is 5.79. The van der Waals surface area contributed by atoms with E-state index in [4.69, 9.17) is 11.6 Å². The number of aromatic nitrogens is 2. The highest BCUT2D eigenvalue weighted by atomic mass is 35.5. The summed E-state index contributed by atoms with van der Waals surface area (Å²) in [7, 11) is 0. The molecule has 0 amide bonds. The van der Waals surface area contributed by atoms with Gasteiger partial charge in [-0.3, -0.25) is 9.48 Å². The topological polar surface area (TPSA) is 55.1 Å². The number of rotatable bonds is 4. The van der Waals surface area contributed by atoms with E-state index in [0.717, 1.165) is 12.1 Å². The van der Waals surface area contributed by atoms with Crippen molar-refractivity contribution in [1.29, 1.82) is 0 Å². The molecule has 0 unspecified atom stereocenters. The van der Waals surface area contributed by atoms with Gasteiger partial charge in [-0.15, -0.1) is 0 Å². The Hall–Kier alpha value is -2.07. The number of aromatic hydroxyl groups is 1. The summed E-state index contributed by atoms with van der Waals surface area (Å²) in [5, 5.41) is 13.6. The van der Waals surface area contributed by atoms with Crippen LogP contribution < -0.4 is 0 Å². The predicted molar refractivity (Wildman–Crippen MR) is 74.4 cm³/mol. The lowest BCUT2D eigenvalue weighted by Crippen LogP contribution is -1.94. The van der Waals surface area contributed by atoms with Gasteiger partial charge in [0.25, 0.3) is 0 Å². The van der Waals surface area contributed by atoms with Gasteiger partial charge in [-0.05, 0) is 30.7 Å². The molecule has 19 heavy (non-hydrogen) atoms. The molecule has 1 heterocycles. The van der Waals surface area contributed by atoms with E-state index < -0.39 is 0 Å². The zero-order valence-electron chi connectivity index (χ0n) is 10.4. The van der Waals surface area contributed by atoms with Crippen LogP contribution in [0.25, 0.3) is 6.08 Å². The second-order valence-electron chi connectivity index (χ2n) is 3.99. The summed E-state index contributed by atoms with van der Waals surface area (Å²) in [6.07, 6.45) is 6.35. The Morgan fingerprint density at radius 2 is 2.32 bits per heavy atom. The summed E-state index contributed by atoms with van der Waals surface area (Å²) < 4.78 is 1.69. The fourth-order valence-electron chi connectivity index (χ4n) is 1.56. The van der Waals surface area contributed by atoms with Crippen LogP contribution in [0.1, 0.15) is 22.8 Å². The molecular weight excluding hydrogens is 264 g/mol. The third-order valence-corrected chi connectivity index (χ3v) is 2.94. The second kappa shape index (κ2) is 5.71. The smallest absolute Gasteiger partial charge is 0.189 e. The third kappa shape index (κ3) is 3.23. The van der Waals surface area contributed by atoms with Crippen LogP contribution >= 0.6 is 11.6 Å². The molecule has 1 aromatic heterocycles. The number of ketones is 1. The Morgan fingerprint density at radius 1 is 1.53 bits per heavy atom. The van der Waals surface area contributed by atoms with Crippen LogP contribution in [0, 0.1) is 0 Å². The highest BCUT2D eigenvalue weighted by molar-refractivity contribution is 6.32. The first-order chi connectivity index (χ1) is 9.10. The normalized spacial score (nSPS) is 11.1. The Kier molecular flexibility index (Phi) is 4.02. The zero-order chi connectivity index (χ0) is 13.8. The van der Waals surface area contributed by atoms with Gasteiger partial charge in [0.2, 0.25) is 0 Å². The summed E-state index contributed by atoms with van der Waals surface area (Å²) in [5.41, 5.74) is 1.29. The first-order valence-corrected chi connectivity index (χ1v) is 6.21. The maximum absolute atomic E-state index is 11.9. The Morgan fingerprint density at radius 3 is 2.95 bits per heavy atom. The number of halogens is 1.